The molecule has 0 spiro atoms. The summed E-state index contributed by atoms with van der Waals surface area (Å²) in [5.41, 5.74) is 1.01. The zero-order chi connectivity index (χ0) is 20.7. The zero-order valence-corrected chi connectivity index (χ0v) is 16.2. The highest BCUT2D eigenvalue weighted by atomic mass is 19.1. The van der Waals surface area contributed by atoms with Gasteiger partial charge in [-0.3, -0.25) is 13.9 Å². The van der Waals surface area contributed by atoms with Gasteiger partial charge in [-0.1, -0.05) is 17.3 Å². The van der Waals surface area contributed by atoms with Gasteiger partial charge < -0.3 is 9.09 Å². The van der Waals surface area contributed by atoms with E-state index in [2.05, 4.69) is 15.1 Å². The number of imidazole rings is 1. The highest BCUT2D eigenvalue weighted by Crippen LogP contribution is 2.19. The molecular weight excluding hydrogens is 379 g/mol. The lowest BCUT2D eigenvalue weighted by molar-refractivity contribution is 0.373. The van der Waals surface area contributed by atoms with Gasteiger partial charge in [-0.25, -0.2) is 14.2 Å². The molecule has 0 amide bonds. The molecule has 4 aromatic rings. The number of nitrogens with zero attached hydrogens (tertiary/aromatic N) is 6. The van der Waals surface area contributed by atoms with Crippen molar-refractivity contribution in [2.45, 2.75) is 26.3 Å². The van der Waals surface area contributed by atoms with E-state index < -0.39 is 5.69 Å². The maximum atomic E-state index is 13.7. The third-order valence-corrected chi connectivity index (χ3v) is 4.90. The minimum atomic E-state index is -0.418. The van der Waals surface area contributed by atoms with Crippen LogP contribution in [-0.2, 0) is 27.1 Å². The molecule has 0 atom stereocenters. The van der Waals surface area contributed by atoms with E-state index in [0.29, 0.717) is 53.4 Å². The van der Waals surface area contributed by atoms with E-state index in [4.69, 9.17) is 4.52 Å². The fourth-order valence-corrected chi connectivity index (χ4v) is 3.17. The van der Waals surface area contributed by atoms with E-state index in [1.807, 2.05) is 0 Å². The van der Waals surface area contributed by atoms with Crippen LogP contribution in [0.3, 0.4) is 0 Å². The molecule has 9 nitrogen and oxygen atoms in total. The van der Waals surface area contributed by atoms with Crippen molar-refractivity contribution in [2.24, 2.45) is 14.1 Å². The highest BCUT2D eigenvalue weighted by Gasteiger charge is 2.15. The average Bonchev–Trinajstić information content (AvgIpc) is 3.34. The molecule has 10 heteroatoms. The third kappa shape index (κ3) is 3.26. The molecule has 0 N–H and O–H groups in total. The van der Waals surface area contributed by atoms with Crippen molar-refractivity contribution in [3.8, 4) is 11.4 Å². The van der Waals surface area contributed by atoms with Crippen LogP contribution >= 0.6 is 0 Å². The van der Waals surface area contributed by atoms with Gasteiger partial charge in [0, 0.05) is 32.6 Å². The lowest BCUT2D eigenvalue weighted by Crippen LogP contribution is -2.37. The molecule has 0 saturated heterocycles. The summed E-state index contributed by atoms with van der Waals surface area (Å²) < 4.78 is 23.1. The van der Waals surface area contributed by atoms with Gasteiger partial charge in [0.1, 0.15) is 5.82 Å². The molecule has 3 heterocycles. The van der Waals surface area contributed by atoms with Crippen LogP contribution in [0, 0.1) is 12.7 Å². The fraction of sp³-hybridized carbons (Fsp3) is 0.316. The van der Waals surface area contributed by atoms with E-state index in [0.717, 1.165) is 4.57 Å². The molecule has 29 heavy (non-hydrogen) atoms. The molecule has 150 valence electrons. The van der Waals surface area contributed by atoms with Crippen LogP contribution in [0.1, 0.15) is 17.9 Å². The summed E-state index contributed by atoms with van der Waals surface area (Å²) >= 11 is 0. The van der Waals surface area contributed by atoms with Gasteiger partial charge in [0.15, 0.2) is 11.2 Å². The van der Waals surface area contributed by atoms with E-state index in [-0.39, 0.29) is 11.4 Å². The van der Waals surface area contributed by atoms with Gasteiger partial charge in [0.05, 0.1) is 6.33 Å². The number of hydrogen-bond donors (Lipinski definition) is 0. The first kappa shape index (κ1) is 18.8. The van der Waals surface area contributed by atoms with E-state index in [9.17, 15) is 14.0 Å². The third-order valence-electron chi connectivity index (χ3n) is 4.90. The number of hydrogen-bond acceptors (Lipinski definition) is 6. The molecule has 0 radical (unpaired) electrons. The van der Waals surface area contributed by atoms with Crippen LogP contribution < -0.4 is 11.2 Å². The summed E-state index contributed by atoms with van der Waals surface area (Å²) in [5.74, 6) is 0.429. The van der Waals surface area contributed by atoms with E-state index in [1.54, 1.807) is 37.0 Å². The number of rotatable bonds is 5. The summed E-state index contributed by atoms with van der Waals surface area (Å²) in [6, 6.07) is 4.78. The maximum Gasteiger partial charge on any atom is 0.332 e. The first-order valence-electron chi connectivity index (χ1n) is 9.07. The van der Waals surface area contributed by atoms with Crippen molar-refractivity contribution < 1.29 is 8.91 Å². The minimum Gasteiger partial charge on any atom is -0.339 e. The van der Waals surface area contributed by atoms with Gasteiger partial charge in [-0.05, 0) is 25.0 Å². The normalized spacial score (nSPS) is 11.4. The number of aryl methyl sites for hydroxylation is 4. The van der Waals surface area contributed by atoms with Gasteiger partial charge in [-0.15, -0.1) is 0 Å². The largest absolute Gasteiger partial charge is 0.339 e. The van der Waals surface area contributed by atoms with Crippen molar-refractivity contribution in [1.29, 1.82) is 0 Å². The summed E-state index contributed by atoms with van der Waals surface area (Å²) in [4.78, 5) is 32.9. The molecule has 1 aromatic carbocycles. The molecule has 0 unspecified atom stereocenters. The van der Waals surface area contributed by atoms with Gasteiger partial charge >= 0.3 is 5.69 Å². The van der Waals surface area contributed by atoms with Crippen molar-refractivity contribution in [3.63, 3.8) is 0 Å². The Labute approximate surface area is 164 Å². The number of aromatic nitrogens is 6. The predicted octanol–water partition coefficient (Wildman–Crippen LogP) is 1.56. The Morgan fingerprint density at radius 3 is 2.72 bits per heavy atom. The summed E-state index contributed by atoms with van der Waals surface area (Å²) in [6.07, 6.45) is 2.63. The van der Waals surface area contributed by atoms with E-state index in [1.165, 1.54) is 17.7 Å². The summed E-state index contributed by atoms with van der Waals surface area (Å²) in [7, 11) is 3.02. The van der Waals surface area contributed by atoms with E-state index >= 15 is 0 Å². The highest BCUT2D eigenvalue weighted by molar-refractivity contribution is 5.69. The molecule has 0 aliphatic carbocycles. The topological polar surface area (TPSA) is 101 Å². The first-order valence-corrected chi connectivity index (χ1v) is 9.07. The van der Waals surface area contributed by atoms with Crippen molar-refractivity contribution >= 4 is 11.2 Å². The number of benzene rings is 1. The molecular formula is C19H19FN6O3. The molecule has 0 fully saturated rings. The van der Waals surface area contributed by atoms with Crippen LogP contribution in [0.4, 0.5) is 4.39 Å². The lowest BCUT2D eigenvalue weighted by atomic mass is 10.1. The maximum absolute atomic E-state index is 13.7. The fourth-order valence-electron chi connectivity index (χ4n) is 3.17. The molecule has 3 aromatic heterocycles. The summed E-state index contributed by atoms with van der Waals surface area (Å²) in [6.45, 7) is 2.17. The molecule has 0 bridgehead atoms. The molecule has 4 rings (SSSR count). The Balaban J connectivity index is 1.50. The van der Waals surface area contributed by atoms with Crippen LogP contribution in [0.25, 0.3) is 22.6 Å². The quantitative estimate of drug-likeness (QED) is 0.506. The Morgan fingerprint density at radius 2 is 1.97 bits per heavy atom. The molecule has 0 saturated carbocycles. The van der Waals surface area contributed by atoms with Gasteiger partial charge in [0.2, 0.25) is 11.7 Å². The zero-order valence-electron chi connectivity index (χ0n) is 16.2. The average molecular weight is 398 g/mol. The minimum absolute atomic E-state index is 0.322. The van der Waals surface area contributed by atoms with Gasteiger partial charge in [-0.2, -0.15) is 4.98 Å². The SMILES string of the molecule is Cc1ccc(-c2noc(CCCn3cnc4c3c(=O)n(C)c(=O)n4C)n2)cc1F. The number of fused-ring (bicyclic) bond motifs is 1. The smallest absolute Gasteiger partial charge is 0.332 e. The second-order valence-corrected chi connectivity index (χ2v) is 6.90. The standard InChI is InChI=1S/C19H19FN6O3/c1-11-6-7-12(9-13(11)20)16-22-14(29-23-16)5-4-8-26-10-21-17-15(26)18(27)25(3)19(28)24(17)2/h6-7,9-10H,4-5,8H2,1-3H3. The van der Waals surface area contributed by atoms with Crippen molar-refractivity contribution in [2.75, 3.05) is 0 Å². The number of halogens is 1. The Morgan fingerprint density at radius 1 is 1.17 bits per heavy atom. The van der Waals surface area contributed by atoms with Crippen LogP contribution in [0.2, 0.25) is 0 Å². The first-order chi connectivity index (χ1) is 13.9. The van der Waals surface area contributed by atoms with Crippen molar-refractivity contribution in [3.05, 3.63) is 62.6 Å². The monoisotopic (exact) mass is 398 g/mol. The van der Waals surface area contributed by atoms with Crippen LogP contribution in [0.5, 0.6) is 0 Å². The van der Waals surface area contributed by atoms with Crippen LogP contribution in [0.15, 0.2) is 38.6 Å². The van der Waals surface area contributed by atoms with Crippen LogP contribution in [-0.4, -0.2) is 28.8 Å². The molecule has 0 aliphatic heterocycles. The second-order valence-electron chi connectivity index (χ2n) is 6.90. The predicted molar refractivity (Wildman–Crippen MR) is 103 cm³/mol. The van der Waals surface area contributed by atoms with Crippen molar-refractivity contribution in [1.82, 2.24) is 28.8 Å². The Kier molecular flexibility index (Phi) is 4.61. The summed E-state index contributed by atoms with van der Waals surface area (Å²) in [5, 5.41) is 3.91. The Bertz CT molecular complexity index is 1330. The lowest BCUT2D eigenvalue weighted by Gasteiger charge is -2.05. The Hall–Kier alpha value is -3.56. The molecule has 0 aliphatic rings. The second kappa shape index (κ2) is 7.12. The van der Waals surface area contributed by atoms with Gasteiger partial charge in [0.25, 0.3) is 5.56 Å².